The second-order valence-electron chi connectivity index (χ2n) is 3.85. The number of ether oxygens (including phenoxy) is 1. The van der Waals surface area contributed by atoms with Crippen LogP contribution in [0.25, 0.3) is 0 Å². The first-order valence-corrected chi connectivity index (χ1v) is 5.98. The highest BCUT2D eigenvalue weighted by Gasteiger charge is 2.16. The molecule has 0 fully saturated rings. The Hall–Kier alpha value is -2.43. The summed E-state index contributed by atoms with van der Waals surface area (Å²) in [7, 11) is 1.54. The van der Waals surface area contributed by atoms with Crippen LogP contribution in [-0.2, 0) is 0 Å². The first kappa shape index (κ1) is 13.0. The third-order valence-electron chi connectivity index (χ3n) is 2.71. The predicted octanol–water partition coefficient (Wildman–Crippen LogP) is 2.15. The van der Waals surface area contributed by atoms with Crippen LogP contribution in [0.2, 0.25) is 0 Å². The van der Waals surface area contributed by atoms with Crippen molar-refractivity contribution in [3.8, 4) is 5.88 Å². The number of nitrogens with zero attached hydrogens (tertiary/aromatic N) is 3. The topological polar surface area (TPSA) is 55.3 Å². The van der Waals surface area contributed by atoms with Crippen molar-refractivity contribution in [2.75, 3.05) is 18.6 Å². The minimum atomic E-state index is -0.106. The fraction of sp³-hybridized carbons (Fsp3) is 0.214. The maximum absolute atomic E-state index is 12.4. The van der Waals surface area contributed by atoms with Gasteiger partial charge in [-0.3, -0.25) is 9.78 Å². The summed E-state index contributed by atoms with van der Waals surface area (Å²) in [4.78, 5) is 22.1. The number of amides is 1. The lowest BCUT2D eigenvalue weighted by Gasteiger charge is -2.20. The second-order valence-corrected chi connectivity index (χ2v) is 3.85. The standard InChI is InChI=1S/C14H15N3O2/c1-3-17(12-5-4-8-15-10-12)14(18)11-6-7-13(19-2)16-9-11/h4-10H,3H2,1-2H3. The highest BCUT2D eigenvalue weighted by atomic mass is 16.5. The van der Waals surface area contributed by atoms with Crippen LogP contribution < -0.4 is 9.64 Å². The summed E-state index contributed by atoms with van der Waals surface area (Å²) in [6.45, 7) is 2.48. The van der Waals surface area contributed by atoms with Gasteiger partial charge in [-0.15, -0.1) is 0 Å². The number of pyridine rings is 2. The Balaban J connectivity index is 2.25. The Bertz CT molecular complexity index is 540. The van der Waals surface area contributed by atoms with E-state index in [0.717, 1.165) is 5.69 Å². The van der Waals surface area contributed by atoms with Gasteiger partial charge in [-0.1, -0.05) is 0 Å². The zero-order chi connectivity index (χ0) is 13.7. The van der Waals surface area contributed by atoms with Gasteiger partial charge in [-0.05, 0) is 25.1 Å². The Morgan fingerprint density at radius 1 is 1.32 bits per heavy atom. The van der Waals surface area contributed by atoms with E-state index >= 15 is 0 Å². The van der Waals surface area contributed by atoms with E-state index in [1.165, 1.54) is 13.3 Å². The fourth-order valence-corrected chi connectivity index (χ4v) is 1.74. The number of carbonyl (C=O) groups excluding carboxylic acids is 1. The molecule has 2 aromatic rings. The molecule has 19 heavy (non-hydrogen) atoms. The van der Waals surface area contributed by atoms with Gasteiger partial charge in [0, 0.05) is 25.0 Å². The molecular formula is C14H15N3O2. The van der Waals surface area contributed by atoms with Crippen molar-refractivity contribution in [1.29, 1.82) is 0 Å². The van der Waals surface area contributed by atoms with Crippen molar-refractivity contribution in [3.63, 3.8) is 0 Å². The number of hydrogen-bond acceptors (Lipinski definition) is 4. The molecule has 0 aliphatic carbocycles. The van der Waals surface area contributed by atoms with Crippen molar-refractivity contribution in [1.82, 2.24) is 9.97 Å². The SMILES string of the molecule is CCN(C(=O)c1ccc(OC)nc1)c1cccnc1. The molecule has 0 aliphatic heterocycles. The highest BCUT2D eigenvalue weighted by Crippen LogP contribution is 2.16. The Kier molecular flexibility index (Phi) is 4.07. The van der Waals surface area contributed by atoms with E-state index < -0.39 is 0 Å². The van der Waals surface area contributed by atoms with E-state index in [4.69, 9.17) is 4.74 Å². The molecule has 2 rings (SSSR count). The zero-order valence-corrected chi connectivity index (χ0v) is 10.9. The predicted molar refractivity (Wildman–Crippen MR) is 72.4 cm³/mol. The van der Waals surface area contributed by atoms with E-state index in [9.17, 15) is 4.79 Å². The lowest BCUT2D eigenvalue weighted by Crippen LogP contribution is -2.30. The number of aromatic nitrogens is 2. The molecule has 2 aromatic heterocycles. The summed E-state index contributed by atoms with van der Waals surface area (Å²) in [6, 6.07) is 7.03. The summed E-state index contributed by atoms with van der Waals surface area (Å²) < 4.78 is 4.97. The van der Waals surface area contributed by atoms with Crippen LogP contribution in [-0.4, -0.2) is 29.5 Å². The van der Waals surface area contributed by atoms with Gasteiger partial charge < -0.3 is 9.64 Å². The molecule has 0 aromatic carbocycles. The van der Waals surface area contributed by atoms with Crippen LogP contribution in [0.3, 0.4) is 0 Å². The van der Waals surface area contributed by atoms with Gasteiger partial charge in [0.2, 0.25) is 5.88 Å². The smallest absolute Gasteiger partial charge is 0.259 e. The van der Waals surface area contributed by atoms with Crippen LogP contribution in [0, 0.1) is 0 Å². The van der Waals surface area contributed by atoms with E-state index in [2.05, 4.69) is 9.97 Å². The molecule has 0 N–H and O–H groups in total. The number of methoxy groups -OCH3 is 1. The summed E-state index contributed by atoms with van der Waals surface area (Å²) in [6.07, 6.45) is 4.86. The molecule has 0 saturated heterocycles. The van der Waals surface area contributed by atoms with Crippen molar-refractivity contribution >= 4 is 11.6 Å². The van der Waals surface area contributed by atoms with Gasteiger partial charge in [0.15, 0.2) is 0 Å². The number of anilines is 1. The molecule has 98 valence electrons. The summed E-state index contributed by atoms with van der Waals surface area (Å²) in [5.74, 6) is 0.381. The lowest BCUT2D eigenvalue weighted by atomic mass is 10.2. The van der Waals surface area contributed by atoms with E-state index in [1.807, 2.05) is 13.0 Å². The molecule has 2 heterocycles. The second kappa shape index (κ2) is 5.95. The van der Waals surface area contributed by atoms with Crippen LogP contribution in [0.4, 0.5) is 5.69 Å². The summed E-state index contributed by atoms with van der Waals surface area (Å²) in [5, 5.41) is 0. The average Bonchev–Trinajstić information content (AvgIpc) is 2.49. The number of hydrogen-bond donors (Lipinski definition) is 0. The summed E-state index contributed by atoms with van der Waals surface area (Å²) >= 11 is 0. The molecule has 1 amide bonds. The highest BCUT2D eigenvalue weighted by molar-refractivity contribution is 6.05. The van der Waals surface area contributed by atoms with Gasteiger partial charge in [-0.2, -0.15) is 0 Å². The largest absolute Gasteiger partial charge is 0.481 e. The van der Waals surface area contributed by atoms with Crippen LogP contribution in [0.1, 0.15) is 17.3 Å². The average molecular weight is 257 g/mol. The molecule has 0 atom stereocenters. The molecule has 0 bridgehead atoms. The van der Waals surface area contributed by atoms with E-state index in [0.29, 0.717) is 18.0 Å². The van der Waals surface area contributed by atoms with Gasteiger partial charge >= 0.3 is 0 Å². The third-order valence-corrected chi connectivity index (χ3v) is 2.71. The van der Waals surface area contributed by atoms with Gasteiger partial charge in [0.1, 0.15) is 0 Å². The molecule has 5 nitrogen and oxygen atoms in total. The molecule has 0 unspecified atom stereocenters. The van der Waals surface area contributed by atoms with Gasteiger partial charge in [0.25, 0.3) is 5.91 Å². The Morgan fingerprint density at radius 2 is 2.16 bits per heavy atom. The van der Waals surface area contributed by atoms with Crippen molar-refractivity contribution < 1.29 is 9.53 Å². The number of rotatable bonds is 4. The quantitative estimate of drug-likeness (QED) is 0.842. The van der Waals surface area contributed by atoms with Crippen molar-refractivity contribution in [3.05, 3.63) is 48.4 Å². The monoisotopic (exact) mass is 257 g/mol. The van der Waals surface area contributed by atoms with Crippen LogP contribution in [0.15, 0.2) is 42.9 Å². The molecule has 0 radical (unpaired) electrons. The molecule has 0 aliphatic rings. The van der Waals surface area contributed by atoms with Crippen LogP contribution in [0.5, 0.6) is 5.88 Å². The molecule has 0 spiro atoms. The minimum absolute atomic E-state index is 0.106. The zero-order valence-electron chi connectivity index (χ0n) is 10.9. The van der Waals surface area contributed by atoms with Gasteiger partial charge in [-0.25, -0.2) is 4.98 Å². The van der Waals surface area contributed by atoms with E-state index in [1.54, 1.807) is 35.5 Å². The number of carbonyl (C=O) groups is 1. The van der Waals surface area contributed by atoms with Crippen LogP contribution >= 0.6 is 0 Å². The summed E-state index contributed by atoms with van der Waals surface area (Å²) in [5.41, 5.74) is 1.29. The van der Waals surface area contributed by atoms with Crippen molar-refractivity contribution in [2.24, 2.45) is 0 Å². The van der Waals surface area contributed by atoms with Gasteiger partial charge in [0.05, 0.1) is 24.6 Å². The first-order valence-electron chi connectivity index (χ1n) is 5.98. The minimum Gasteiger partial charge on any atom is -0.481 e. The molecule has 5 heteroatoms. The Labute approximate surface area is 111 Å². The Morgan fingerprint density at radius 3 is 2.68 bits per heavy atom. The normalized spacial score (nSPS) is 10.0. The molecule has 0 saturated carbocycles. The first-order chi connectivity index (χ1) is 9.26. The fourth-order valence-electron chi connectivity index (χ4n) is 1.74. The van der Waals surface area contributed by atoms with E-state index in [-0.39, 0.29) is 5.91 Å². The maximum atomic E-state index is 12.4. The van der Waals surface area contributed by atoms with Crippen molar-refractivity contribution in [2.45, 2.75) is 6.92 Å². The third kappa shape index (κ3) is 2.88. The molecular weight excluding hydrogens is 242 g/mol. The maximum Gasteiger partial charge on any atom is 0.259 e. The lowest BCUT2D eigenvalue weighted by molar-refractivity contribution is 0.0988.